The minimum absolute atomic E-state index is 0.0329. The van der Waals surface area contributed by atoms with Crippen molar-refractivity contribution in [3.05, 3.63) is 0 Å². The van der Waals surface area contributed by atoms with Gasteiger partial charge in [-0.2, -0.15) is 0 Å². The highest BCUT2D eigenvalue weighted by Gasteiger charge is 2.42. The zero-order valence-electron chi connectivity index (χ0n) is 8.67. The molecule has 0 aromatic heterocycles. The lowest BCUT2D eigenvalue weighted by molar-refractivity contribution is -0.215. The summed E-state index contributed by atoms with van der Waals surface area (Å²) >= 11 is 0. The standard InChI is InChI=1S/C10H14O5/c1-4-5-13-9(11)8-7(6(2)3)14-10(12)15-8/h1,6-8,10,12H,5H2,2-3H3. The Morgan fingerprint density at radius 3 is 2.80 bits per heavy atom. The van der Waals surface area contributed by atoms with Gasteiger partial charge in [0.1, 0.15) is 6.10 Å². The zero-order chi connectivity index (χ0) is 11.4. The van der Waals surface area contributed by atoms with Crippen LogP contribution in [0, 0.1) is 18.3 Å². The molecule has 0 aromatic carbocycles. The van der Waals surface area contributed by atoms with E-state index in [-0.39, 0.29) is 12.5 Å². The van der Waals surface area contributed by atoms with E-state index in [1.807, 2.05) is 13.8 Å². The van der Waals surface area contributed by atoms with Gasteiger partial charge in [0.15, 0.2) is 12.7 Å². The van der Waals surface area contributed by atoms with E-state index in [2.05, 4.69) is 5.92 Å². The van der Waals surface area contributed by atoms with Crippen LogP contribution in [0.4, 0.5) is 0 Å². The summed E-state index contributed by atoms with van der Waals surface area (Å²) in [6.45, 7) is 2.22. The molecule has 0 aromatic rings. The summed E-state index contributed by atoms with van der Waals surface area (Å²) in [6.07, 6.45) is 3.53. The van der Waals surface area contributed by atoms with E-state index in [1.165, 1.54) is 0 Å². The second kappa shape index (κ2) is 5.12. The maximum Gasteiger partial charge on any atom is 0.339 e. The smallest absolute Gasteiger partial charge is 0.339 e. The van der Waals surface area contributed by atoms with Crippen molar-refractivity contribution in [3.63, 3.8) is 0 Å². The fraction of sp³-hybridized carbons (Fsp3) is 0.700. The lowest BCUT2D eigenvalue weighted by Crippen LogP contribution is -2.36. The predicted octanol–water partition coefficient (Wildman–Crippen LogP) is -0.121. The summed E-state index contributed by atoms with van der Waals surface area (Å²) < 4.78 is 14.6. The molecule has 1 aliphatic rings. The van der Waals surface area contributed by atoms with E-state index >= 15 is 0 Å². The quantitative estimate of drug-likeness (QED) is 0.524. The molecule has 1 aliphatic heterocycles. The number of rotatable bonds is 3. The van der Waals surface area contributed by atoms with Gasteiger partial charge in [-0.1, -0.05) is 19.8 Å². The van der Waals surface area contributed by atoms with Crippen LogP contribution in [0.3, 0.4) is 0 Å². The van der Waals surface area contributed by atoms with Crippen molar-refractivity contribution in [2.75, 3.05) is 6.61 Å². The third-order valence-corrected chi connectivity index (χ3v) is 2.02. The van der Waals surface area contributed by atoms with Gasteiger partial charge in [0.25, 0.3) is 6.48 Å². The molecule has 0 aliphatic carbocycles. The van der Waals surface area contributed by atoms with E-state index in [9.17, 15) is 4.79 Å². The van der Waals surface area contributed by atoms with Crippen molar-refractivity contribution >= 4 is 5.97 Å². The Bertz CT molecular complexity index is 267. The molecular weight excluding hydrogens is 200 g/mol. The van der Waals surface area contributed by atoms with Crippen LogP contribution in [0.5, 0.6) is 0 Å². The Labute approximate surface area is 88.3 Å². The number of hydrogen-bond donors (Lipinski definition) is 1. The van der Waals surface area contributed by atoms with E-state index < -0.39 is 24.7 Å². The topological polar surface area (TPSA) is 65.0 Å². The summed E-state index contributed by atoms with van der Waals surface area (Å²) in [4.78, 5) is 11.4. The molecule has 0 radical (unpaired) electrons. The van der Waals surface area contributed by atoms with Crippen molar-refractivity contribution in [2.24, 2.45) is 5.92 Å². The molecule has 1 heterocycles. The first kappa shape index (κ1) is 12.0. The molecule has 3 atom stereocenters. The van der Waals surface area contributed by atoms with Gasteiger partial charge in [-0.15, -0.1) is 6.42 Å². The first-order chi connectivity index (χ1) is 7.06. The number of terminal acetylenes is 1. The molecule has 1 fully saturated rings. The number of aliphatic hydroxyl groups is 1. The van der Waals surface area contributed by atoms with Crippen LogP contribution in [0.25, 0.3) is 0 Å². The molecule has 0 spiro atoms. The first-order valence-electron chi connectivity index (χ1n) is 4.65. The van der Waals surface area contributed by atoms with Crippen molar-refractivity contribution in [3.8, 4) is 12.3 Å². The zero-order valence-corrected chi connectivity index (χ0v) is 8.67. The van der Waals surface area contributed by atoms with Crippen LogP contribution >= 0.6 is 0 Å². The molecule has 0 amide bonds. The van der Waals surface area contributed by atoms with Crippen molar-refractivity contribution in [1.82, 2.24) is 0 Å². The van der Waals surface area contributed by atoms with Crippen LogP contribution in [0.15, 0.2) is 0 Å². The van der Waals surface area contributed by atoms with Crippen molar-refractivity contribution < 1.29 is 24.1 Å². The third kappa shape index (κ3) is 2.93. The molecule has 1 rings (SSSR count). The van der Waals surface area contributed by atoms with Crippen molar-refractivity contribution in [1.29, 1.82) is 0 Å². The second-order valence-corrected chi connectivity index (χ2v) is 3.52. The number of esters is 1. The monoisotopic (exact) mass is 214 g/mol. The Morgan fingerprint density at radius 1 is 1.60 bits per heavy atom. The van der Waals surface area contributed by atoms with Crippen LogP contribution in [-0.4, -0.2) is 36.4 Å². The van der Waals surface area contributed by atoms with Gasteiger partial charge in [0, 0.05) is 0 Å². The molecule has 3 unspecified atom stereocenters. The predicted molar refractivity (Wildman–Crippen MR) is 50.4 cm³/mol. The highest BCUT2D eigenvalue weighted by molar-refractivity contribution is 5.76. The van der Waals surface area contributed by atoms with E-state index in [1.54, 1.807) is 0 Å². The minimum Gasteiger partial charge on any atom is -0.451 e. The molecule has 15 heavy (non-hydrogen) atoms. The lowest BCUT2D eigenvalue weighted by Gasteiger charge is -2.17. The van der Waals surface area contributed by atoms with Crippen molar-refractivity contribution in [2.45, 2.75) is 32.5 Å². The summed E-state index contributed by atoms with van der Waals surface area (Å²) in [5, 5.41) is 9.10. The molecule has 0 bridgehead atoms. The molecule has 5 heteroatoms. The Hall–Kier alpha value is -1.09. The lowest BCUT2D eigenvalue weighted by atomic mass is 10.0. The van der Waals surface area contributed by atoms with Crippen LogP contribution in [0.2, 0.25) is 0 Å². The van der Waals surface area contributed by atoms with Crippen LogP contribution in [0.1, 0.15) is 13.8 Å². The Balaban J connectivity index is 2.59. The van der Waals surface area contributed by atoms with Gasteiger partial charge in [0.05, 0.1) is 0 Å². The van der Waals surface area contributed by atoms with Gasteiger partial charge in [0.2, 0.25) is 0 Å². The van der Waals surface area contributed by atoms with Gasteiger partial charge in [-0.25, -0.2) is 4.79 Å². The highest BCUT2D eigenvalue weighted by atomic mass is 16.8. The SMILES string of the molecule is C#CCOC(=O)C1OC(O)OC1C(C)C. The molecule has 0 saturated carbocycles. The summed E-state index contributed by atoms with van der Waals surface area (Å²) in [5.41, 5.74) is 0. The van der Waals surface area contributed by atoms with E-state index in [0.717, 1.165) is 0 Å². The molecule has 1 N–H and O–H groups in total. The van der Waals surface area contributed by atoms with Gasteiger partial charge in [-0.05, 0) is 5.92 Å². The van der Waals surface area contributed by atoms with E-state index in [4.69, 9.17) is 25.7 Å². The van der Waals surface area contributed by atoms with Gasteiger partial charge < -0.3 is 19.3 Å². The number of aliphatic hydroxyl groups excluding tert-OH is 1. The maximum atomic E-state index is 11.4. The van der Waals surface area contributed by atoms with Crippen LogP contribution in [-0.2, 0) is 19.0 Å². The Kier molecular flexibility index (Phi) is 4.09. The average Bonchev–Trinajstić information content (AvgIpc) is 2.57. The molecule has 1 saturated heterocycles. The third-order valence-electron chi connectivity index (χ3n) is 2.02. The van der Waals surface area contributed by atoms with Gasteiger partial charge in [-0.3, -0.25) is 0 Å². The second-order valence-electron chi connectivity index (χ2n) is 3.52. The normalized spacial score (nSPS) is 30.2. The average molecular weight is 214 g/mol. The fourth-order valence-corrected chi connectivity index (χ4v) is 1.33. The summed E-state index contributed by atoms with van der Waals surface area (Å²) in [5.74, 6) is 1.60. The summed E-state index contributed by atoms with van der Waals surface area (Å²) in [6, 6.07) is 0. The largest absolute Gasteiger partial charge is 0.451 e. The Morgan fingerprint density at radius 2 is 2.27 bits per heavy atom. The minimum atomic E-state index is -1.37. The number of carbonyl (C=O) groups is 1. The fourth-order valence-electron chi connectivity index (χ4n) is 1.33. The first-order valence-corrected chi connectivity index (χ1v) is 4.65. The molecular formula is C10H14O5. The van der Waals surface area contributed by atoms with Crippen LogP contribution < -0.4 is 0 Å². The van der Waals surface area contributed by atoms with Gasteiger partial charge >= 0.3 is 5.97 Å². The van der Waals surface area contributed by atoms with E-state index in [0.29, 0.717) is 0 Å². The number of hydrogen-bond acceptors (Lipinski definition) is 5. The molecule has 84 valence electrons. The maximum absolute atomic E-state index is 11.4. The summed E-state index contributed by atoms with van der Waals surface area (Å²) in [7, 11) is 0. The number of carbonyl (C=O) groups excluding carboxylic acids is 1. The molecule has 5 nitrogen and oxygen atoms in total. The highest BCUT2D eigenvalue weighted by Crippen LogP contribution is 2.24. The number of ether oxygens (including phenoxy) is 3.